The van der Waals surface area contributed by atoms with Crippen LogP contribution in [-0.4, -0.2) is 35.0 Å². The van der Waals surface area contributed by atoms with Crippen LogP contribution in [0.4, 0.5) is 0 Å². The minimum atomic E-state index is 0.677. The number of imidazole rings is 1. The van der Waals surface area contributed by atoms with E-state index in [2.05, 4.69) is 71.6 Å². The molecule has 2 heterocycles. The first-order chi connectivity index (χ1) is 14.6. The van der Waals surface area contributed by atoms with Crippen LogP contribution < -0.4 is 4.74 Å². The summed E-state index contributed by atoms with van der Waals surface area (Å²) in [5.74, 6) is 7.55. The fraction of sp³-hybridized carbons (Fsp3) is 0.192. The minimum absolute atomic E-state index is 0.677. The topological polar surface area (TPSA) is 29.8 Å². The van der Waals surface area contributed by atoms with E-state index in [0.29, 0.717) is 6.54 Å². The van der Waals surface area contributed by atoms with Crippen molar-refractivity contribution in [3.05, 3.63) is 89.7 Å². The van der Waals surface area contributed by atoms with Crippen LogP contribution in [-0.2, 0) is 6.54 Å². The summed E-state index contributed by atoms with van der Waals surface area (Å²) in [7, 11) is 3.76. The molecular weight excluding hydrogens is 370 g/mol. The van der Waals surface area contributed by atoms with Gasteiger partial charge in [0.15, 0.2) is 0 Å². The maximum absolute atomic E-state index is 5.29. The smallest absolute Gasteiger partial charge is 0.138 e. The summed E-state index contributed by atoms with van der Waals surface area (Å²) in [6.07, 6.45) is 2.09. The number of fused-ring (bicyclic) bond motifs is 1. The first-order valence-electron chi connectivity index (χ1n) is 9.98. The van der Waals surface area contributed by atoms with Gasteiger partial charge in [-0.15, -0.1) is 0 Å². The Bertz CT molecular complexity index is 1200. The highest BCUT2D eigenvalue weighted by atomic mass is 16.5. The number of rotatable bonds is 5. The summed E-state index contributed by atoms with van der Waals surface area (Å²) < 4.78 is 7.37. The van der Waals surface area contributed by atoms with Crippen molar-refractivity contribution in [2.45, 2.75) is 13.5 Å². The number of aryl methyl sites for hydroxylation is 1. The zero-order valence-electron chi connectivity index (χ0n) is 17.6. The summed E-state index contributed by atoms with van der Waals surface area (Å²) >= 11 is 0. The average molecular weight is 396 g/mol. The van der Waals surface area contributed by atoms with Crippen molar-refractivity contribution in [1.82, 2.24) is 14.3 Å². The molecule has 0 bridgehead atoms. The first-order valence-corrected chi connectivity index (χ1v) is 9.98. The van der Waals surface area contributed by atoms with Gasteiger partial charge in [0, 0.05) is 18.3 Å². The van der Waals surface area contributed by atoms with E-state index in [1.54, 1.807) is 7.11 Å². The number of nitrogens with zero attached hydrogens (tertiary/aromatic N) is 3. The van der Waals surface area contributed by atoms with E-state index < -0.39 is 0 Å². The normalized spacial score (nSPS) is 10.8. The van der Waals surface area contributed by atoms with E-state index in [1.807, 2.05) is 36.4 Å². The van der Waals surface area contributed by atoms with Crippen molar-refractivity contribution in [2.75, 3.05) is 20.7 Å². The Morgan fingerprint density at radius 2 is 1.77 bits per heavy atom. The quantitative estimate of drug-likeness (QED) is 0.455. The first kappa shape index (κ1) is 19.8. The molecule has 0 saturated heterocycles. The highest BCUT2D eigenvalue weighted by Crippen LogP contribution is 2.26. The van der Waals surface area contributed by atoms with Crippen molar-refractivity contribution >= 4 is 5.65 Å². The molecule has 4 rings (SSSR count). The Hall–Kier alpha value is -3.55. The standard InChI is InChI=1S/C26H25N3O/c1-20-11-16-25-27-26(22-12-14-23(30-3)15-13-22)24(29(25)18-20)10-7-17-28(2)19-21-8-5-4-6-9-21/h4-6,8-9,11-16,18H,17,19H2,1-3H3. The largest absolute Gasteiger partial charge is 0.497 e. The molecule has 0 saturated carbocycles. The summed E-state index contributed by atoms with van der Waals surface area (Å²) in [6.45, 7) is 3.63. The SMILES string of the molecule is COc1ccc(-c2nc3ccc(C)cn3c2C#CCN(C)Cc2ccccc2)cc1. The number of ether oxygens (including phenoxy) is 1. The van der Waals surface area contributed by atoms with E-state index in [-0.39, 0.29) is 0 Å². The van der Waals surface area contributed by atoms with Gasteiger partial charge in [-0.05, 0) is 61.4 Å². The van der Waals surface area contributed by atoms with Gasteiger partial charge in [-0.25, -0.2) is 4.98 Å². The van der Waals surface area contributed by atoms with Crippen LogP contribution in [0.25, 0.3) is 16.9 Å². The van der Waals surface area contributed by atoms with E-state index in [9.17, 15) is 0 Å². The number of pyridine rings is 1. The van der Waals surface area contributed by atoms with Gasteiger partial charge in [0.1, 0.15) is 22.8 Å². The molecular formula is C26H25N3O. The van der Waals surface area contributed by atoms with Crippen LogP contribution in [0.15, 0.2) is 72.9 Å². The van der Waals surface area contributed by atoms with Crippen molar-refractivity contribution in [3.63, 3.8) is 0 Å². The van der Waals surface area contributed by atoms with Gasteiger partial charge >= 0.3 is 0 Å². The molecule has 0 spiro atoms. The lowest BCUT2D eigenvalue weighted by Gasteiger charge is -2.12. The van der Waals surface area contributed by atoms with Gasteiger partial charge in [-0.3, -0.25) is 9.30 Å². The van der Waals surface area contributed by atoms with Gasteiger partial charge in [-0.1, -0.05) is 42.3 Å². The van der Waals surface area contributed by atoms with Crippen LogP contribution in [0.1, 0.15) is 16.8 Å². The molecule has 0 atom stereocenters. The van der Waals surface area contributed by atoms with Crippen LogP contribution in [0.3, 0.4) is 0 Å². The lowest BCUT2D eigenvalue weighted by Crippen LogP contribution is -2.17. The maximum Gasteiger partial charge on any atom is 0.138 e. The molecule has 2 aromatic heterocycles. The van der Waals surface area contributed by atoms with Crippen LogP contribution in [0.2, 0.25) is 0 Å². The number of hydrogen-bond acceptors (Lipinski definition) is 3. The zero-order chi connectivity index (χ0) is 20.9. The van der Waals surface area contributed by atoms with Crippen molar-refractivity contribution in [3.8, 4) is 28.8 Å². The Balaban J connectivity index is 1.65. The Kier molecular flexibility index (Phi) is 5.83. The molecule has 0 aliphatic carbocycles. The summed E-state index contributed by atoms with van der Waals surface area (Å²) in [4.78, 5) is 7.06. The Labute approximate surface area is 177 Å². The molecule has 0 N–H and O–H groups in total. The molecule has 0 radical (unpaired) electrons. The lowest BCUT2D eigenvalue weighted by atomic mass is 10.1. The third-order valence-corrected chi connectivity index (χ3v) is 4.98. The third-order valence-electron chi connectivity index (χ3n) is 4.98. The second-order valence-electron chi connectivity index (χ2n) is 7.43. The number of benzene rings is 2. The van der Waals surface area contributed by atoms with Gasteiger partial charge in [0.25, 0.3) is 0 Å². The number of aromatic nitrogens is 2. The molecule has 0 amide bonds. The molecule has 0 unspecified atom stereocenters. The molecule has 4 nitrogen and oxygen atoms in total. The molecule has 150 valence electrons. The molecule has 0 aliphatic heterocycles. The van der Waals surface area contributed by atoms with E-state index in [0.717, 1.165) is 34.9 Å². The van der Waals surface area contributed by atoms with Crippen molar-refractivity contribution in [2.24, 2.45) is 0 Å². The molecule has 4 aromatic rings. The molecule has 0 aliphatic rings. The van der Waals surface area contributed by atoms with Crippen molar-refractivity contribution in [1.29, 1.82) is 0 Å². The van der Waals surface area contributed by atoms with Crippen molar-refractivity contribution < 1.29 is 4.74 Å². The zero-order valence-corrected chi connectivity index (χ0v) is 17.6. The van der Waals surface area contributed by atoms with Gasteiger partial charge in [-0.2, -0.15) is 0 Å². The predicted molar refractivity (Wildman–Crippen MR) is 122 cm³/mol. The van der Waals surface area contributed by atoms with Gasteiger partial charge in [0.05, 0.1) is 13.7 Å². The van der Waals surface area contributed by atoms with Crippen LogP contribution in [0, 0.1) is 18.8 Å². The van der Waals surface area contributed by atoms with Gasteiger partial charge in [0.2, 0.25) is 0 Å². The number of hydrogen-bond donors (Lipinski definition) is 0. The van der Waals surface area contributed by atoms with Crippen LogP contribution >= 0.6 is 0 Å². The predicted octanol–water partition coefficient (Wildman–Crippen LogP) is 4.80. The molecule has 0 fully saturated rings. The van der Waals surface area contributed by atoms with Crippen LogP contribution in [0.5, 0.6) is 5.75 Å². The fourth-order valence-corrected chi connectivity index (χ4v) is 3.43. The Morgan fingerprint density at radius 1 is 1.00 bits per heavy atom. The summed E-state index contributed by atoms with van der Waals surface area (Å²) in [5.41, 5.74) is 6.18. The van der Waals surface area contributed by atoms with Gasteiger partial charge < -0.3 is 4.74 Å². The number of methoxy groups -OCH3 is 1. The Morgan fingerprint density at radius 3 is 2.50 bits per heavy atom. The highest BCUT2D eigenvalue weighted by molar-refractivity contribution is 5.70. The maximum atomic E-state index is 5.29. The monoisotopic (exact) mass is 395 g/mol. The molecule has 2 aromatic carbocycles. The molecule has 30 heavy (non-hydrogen) atoms. The fourth-order valence-electron chi connectivity index (χ4n) is 3.43. The second-order valence-corrected chi connectivity index (χ2v) is 7.43. The summed E-state index contributed by atoms with van der Waals surface area (Å²) in [6, 6.07) is 22.5. The van der Waals surface area contributed by atoms with E-state index in [4.69, 9.17) is 9.72 Å². The van der Waals surface area contributed by atoms with E-state index in [1.165, 1.54) is 11.1 Å². The minimum Gasteiger partial charge on any atom is -0.497 e. The van der Waals surface area contributed by atoms with E-state index >= 15 is 0 Å². The second kappa shape index (κ2) is 8.86. The third kappa shape index (κ3) is 4.37. The molecule has 4 heteroatoms. The average Bonchev–Trinajstić information content (AvgIpc) is 3.12. The summed E-state index contributed by atoms with van der Waals surface area (Å²) in [5, 5.41) is 0. The lowest BCUT2D eigenvalue weighted by molar-refractivity contribution is 0.369. The highest BCUT2D eigenvalue weighted by Gasteiger charge is 2.13.